The molecule has 3 aromatic carbocycles. The van der Waals surface area contributed by atoms with Crippen molar-refractivity contribution in [1.82, 2.24) is 14.7 Å². The summed E-state index contributed by atoms with van der Waals surface area (Å²) < 4.78 is 13.1. The van der Waals surface area contributed by atoms with Gasteiger partial charge in [0, 0.05) is 18.7 Å². The van der Waals surface area contributed by atoms with Crippen LogP contribution in [0, 0.1) is 11.3 Å². The zero-order valence-electron chi connectivity index (χ0n) is 20.3. The highest BCUT2D eigenvalue weighted by molar-refractivity contribution is 5.73. The van der Waals surface area contributed by atoms with E-state index in [2.05, 4.69) is 6.07 Å². The normalized spacial score (nSPS) is 15.1. The summed E-state index contributed by atoms with van der Waals surface area (Å²) in [7, 11) is 0. The van der Waals surface area contributed by atoms with Crippen LogP contribution in [-0.4, -0.2) is 33.9 Å². The van der Waals surface area contributed by atoms with E-state index in [1.807, 2.05) is 84.9 Å². The molecule has 1 amide bonds. The number of rotatable bonds is 6. The molecule has 0 radical (unpaired) electrons. The van der Waals surface area contributed by atoms with Crippen LogP contribution in [0.3, 0.4) is 0 Å². The Hall–Kier alpha value is -4.77. The van der Waals surface area contributed by atoms with Gasteiger partial charge in [-0.15, -0.1) is 0 Å². The van der Waals surface area contributed by atoms with E-state index in [0.717, 1.165) is 29.7 Å². The number of nitriles is 1. The Morgan fingerprint density at radius 2 is 1.68 bits per heavy atom. The fraction of sp³-hybridized carbons (Fsp3) is 0.207. The number of nitrogens with zero attached hydrogens (tertiary/aromatic N) is 4. The van der Waals surface area contributed by atoms with Gasteiger partial charge in [-0.3, -0.25) is 0 Å². The fourth-order valence-corrected chi connectivity index (χ4v) is 4.47. The van der Waals surface area contributed by atoms with Gasteiger partial charge in [0.1, 0.15) is 41.3 Å². The van der Waals surface area contributed by atoms with Crippen LogP contribution in [0.15, 0.2) is 84.9 Å². The molecular formula is C29H27N5O3. The number of hydrogen-bond donors (Lipinski definition) is 1. The van der Waals surface area contributed by atoms with Crippen LogP contribution >= 0.6 is 0 Å². The number of benzene rings is 3. The van der Waals surface area contributed by atoms with Crippen LogP contribution in [0.2, 0.25) is 0 Å². The van der Waals surface area contributed by atoms with Gasteiger partial charge in [-0.25, -0.2) is 9.48 Å². The van der Waals surface area contributed by atoms with Crippen molar-refractivity contribution in [2.24, 2.45) is 0 Å². The number of para-hydroxylation sites is 1. The largest absolute Gasteiger partial charge is 0.457 e. The quantitative estimate of drug-likeness (QED) is 0.365. The molecule has 0 aliphatic carbocycles. The fourth-order valence-electron chi connectivity index (χ4n) is 4.47. The number of nitrogens with two attached hydrogens (primary N) is 1. The number of carbonyl (C=O) groups is 1. The summed E-state index contributed by atoms with van der Waals surface area (Å²) in [5.74, 6) is 1.72. The Morgan fingerprint density at radius 3 is 2.38 bits per heavy atom. The van der Waals surface area contributed by atoms with E-state index < -0.39 is 0 Å². The molecule has 1 saturated heterocycles. The molecule has 8 nitrogen and oxygen atoms in total. The van der Waals surface area contributed by atoms with E-state index in [1.54, 1.807) is 9.58 Å². The highest BCUT2D eigenvalue weighted by Crippen LogP contribution is 2.33. The van der Waals surface area contributed by atoms with Crippen molar-refractivity contribution in [3.8, 4) is 28.8 Å². The lowest BCUT2D eigenvalue weighted by Crippen LogP contribution is -2.41. The summed E-state index contributed by atoms with van der Waals surface area (Å²) in [4.78, 5) is 14.4. The summed E-state index contributed by atoms with van der Waals surface area (Å²) >= 11 is 0. The minimum absolute atomic E-state index is 0.153. The summed E-state index contributed by atoms with van der Waals surface area (Å²) in [6.07, 6.45) is 1.21. The standard InChI is InChI=1S/C29H27N5O3/c30-18-26-27(22-13-15-25(16-14-22)37-24-11-5-2-6-12-24)32-34(28(26)31)23-10-7-17-33(19-23)29(35)36-20-21-8-3-1-4-9-21/h1-6,8-9,11-16,23H,7,10,17,19-20,31H2/t23-/m1/s1. The molecule has 1 atom stereocenters. The maximum absolute atomic E-state index is 12.7. The van der Waals surface area contributed by atoms with E-state index in [4.69, 9.17) is 20.3 Å². The molecule has 1 aliphatic heterocycles. The highest BCUT2D eigenvalue weighted by atomic mass is 16.6. The summed E-state index contributed by atoms with van der Waals surface area (Å²) in [6, 6.07) is 28.5. The Balaban J connectivity index is 1.30. The number of carbonyl (C=O) groups excluding carboxylic acids is 1. The van der Waals surface area contributed by atoms with E-state index in [0.29, 0.717) is 35.9 Å². The van der Waals surface area contributed by atoms with E-state index in [9.17, 15) is 10.1 Å². The third kappa shape index (κ3) is 5.41. The van der Waals surface area contributed by atoms with Crippen LogP contribution in [0.4, 0.5) is 10.6 Å². The number of aromatic nitrogens is 2. The minimum atomic E-state index is -0.367. The van der Waals surface area contributed by atoms with Crippen LogP contribution in [0.5, 0.6) is 11.5 Å². The minimum Gasteiger partial charge on any atom is -0.457 e. The predicted octanol–water partition coefficient (Wildman–Crippen LogP) is 5.77. The molecule has 1 fully saturated rings. The zero-order chi connectivity index (χ0) is 25.6. The number of nitrogen functional groups attached to an aromatic ring is 1. The average Bonchev–Trinajstić information content (AvgIpc) is 3.29. The van der Waals surface area contributed by atoms with Crippen LogP contribution in [0.25, 0.3) is 11.3 Å². The van der Waals surface area contributed by atoms with Crippen molar-refractivity contribution in [3.05, 3.63) is 96.1 Å². The Labute approximate surface area is 215 Å². The monoisotopic (exact) mass is 493 g/mol. The van der Waals surface area contributed by atoms with Crippen molar-refractivity contribution in [3.63, 3.8) is 0 Å². The molecule has 2 heterocycles. The van der Waals surface area contributed by atoms with E-state index >= 15 is 0 Å². The van der Waals surface area contributed by atoms with Crippen molar-refractivity contribution >= 4 is 11.9 Å². The first-order valence-corrected chi connectivity index (χ1v) is 12.2. The number of anilines is 1. The molecule has 1 aromatic heterocycles. The number of ether oxygens (including phenoxy) is 2. The summed E-state index contributed by atoms with van der Waals surface area (Å²) in [5.41, 5.74) is 8.91. The Bertz CT molecular complexity index is 1400. The van der Waals surface area contributed by atoms with Crippen molar-refractivity contribution in [2.75, 3.05) is 18.8 Å². The molecular weight excluding hydrogens is 466 g/mol. The average molecular weight is 494 g/mol. The number of hydrogen-bond acceptors (Lipinski definition) is 6. The van der Waals surface area contributed by atoms with Crippen LogP contribution in [-0.2, 0) is 11.3 Å². The molecule has 5 rings (SSSR count). The van der Waals surface area contributed by atoms with Gasteiger partial charge in [-0.05, 0) is 54.8 Å². The summed E-state index contributed by atoms with van der Waals surface area (Å²) in [5, 5.41) is 14.6. The first-order chi connectivity index (χ1) is 18.1. The lowest BCUT2D eigenvalue weighted by molar-refractivity contribution is 0.0791. The SMILES string of the molecule is N#Cc1c(-c2ccc(Oc3ccccc3)cc2)nn([C@@H]2CCCN(C(=O)OCc3ccccc3)C2)c1N. The van der Waals surface area contributed by atoms with Gasteiger partial charge >= 0.3 is 6.09 Å². The first kappa shape index (κ1) is 23.9. The van der Waals surface area contributed by atoms with Gasteiger partial charge in [0.2, 0.25) is 0 Å². The second-order valence-electron chi connectivity index (χ2n) is 8.89. The summed E-state index contributed by atoms with van der Waals surface area (Å²) in [6.45, 7) is 1.23. The number of amides is 1. The van der Waals surface area contributed by atoms with Gasteiger partial charge in [0.15, 0.2) is 0 Å². The molecule has 0 spiro atoms. The Kier molecular flexibility index (Phi) is 7.04. The van der Waals surface area contributed by atoms with Crippen LogP contribution < -0.4 is 10.5 Å². The maximum atomic E-state index is 12.7. The van der Waals surface area contributed by atoms with Crippen molar-refractivity contribution in [1.29, 1.82) is 5.26 Å². The predicted molar refractivity (Wildman–Crippen MR) is 140 cm³/mol. The molecule has 8 heteroatoms. The van der Waals surface area contributed by atoms with Crippen molar-refractivity contribution in [2.45, 2.75) is 25.5 Å². The molecule has 4 aromatic rings. The van der Waals surface area contributed by atoms with Crippen LogP contribution in [0.1, 0.15) is 30.0 Å². The lowest BCUT2D eigenvalue weighted by atomic mass is 10.1. The van der Waals surface area contributed by atoms with Gasteiger partial charge in [-0.2, -0.15) is 10.4 Å². The molecule has 186 valence electrons. The number of piperidine rings is 1. The maximum Gasteiger partial charge on any atom is 0.410 e. The van der Waals surface area contributed by atoms with Gasteiger partial charge < -0.3 is 20.1 Å². The molecule has 2 N–H and O–H groups in total. The second-order valence-corrected chi connectivity index (χ2v) is 8.89. The van der Waals surface area contributed by atoms with Crippen molar-refractivity contribution < 1.29 is 14.3 Å². The number of likely N-dealkylation sites (tertiary alicyclic amines) is 1. The van der Waals surface area contributed by atoms with Gasteiger partial charge in [0.25, 0.3) is 0 Å². The highest BCUT2D eigenvalue weighted by Gasteiger charge is 2.29. The second kappa shape index (κ2) is 10.9. The van der Waals surface area contributed by atoms with Gasteiger partial charge in [0.05, 0.1) is 6.04 Å². The lowest BCUT2D eigenvalue weighted by Gasteiger charge is -2.32. The zero-order valence-corrected chi connectivity index (χ0v) is 20.3. The molecule has 0 unspecified atom stereocenters. The molecule has 37 heavy (non-hydrogen) atoms. The molecule has 0 saturated carbocycles. The van der Waals surface area contributed by atoms with E-state index in [-0.39, 0.29) is 18.7 Å². The third-order valence-corrected chi connectivity index (χ3v) is 6.37. The third-order valence-electron chi connectivity index (χ3n) is 6.37. The van der Waals surface area contributed by atoms with Gasteiger partial charge in [-0.1, -0.05) is 48.5 Å². The Morgan fingerprint density at radius 1 is 1.00 bits per heavy atom. The van der Waals surface area contributed by atoms with E-state index in [1.165, 1.54) is 0 Å². The smallest absolute Gasteiger partial charge is 0.410 e. The topological polar surface area (TPSA) is 106 Å². The molecule has 1 aliphatic rings. The molecule has 0 bridgehead atoms. The first-order valence-electron chi connectivity index (χ1n) is 12.2.